The van der Waals surface area contributed by atoms with Crippen LogP contribution in [0.25, 0.3) is 0 Å². The fourth-order valence-corrected chi connectivity index (χ4v) is 4.07. The van der Waals surface area contributed by atoms with E-state index in [1.165, 1.54) is 12.1 Å². The number of hydrogen-bond acceptors (Lipinski definition) is 5. The van der Waals surface area contributed by atoms with E-state index in [1.54, 1.807) is 12.1 Å². The van der Waals surface area contributed by atoms with Gasteiger partial charge >= 0.3 is 0 Å². The standard InChI is InChI=1S/C20H29FN2O4/c21-17-4-1-5-18(13-17)27-15-20(25)23-7-6-19(16(14-23)3-2-10-24)22-8-11-26-12-9-22/h1,4-5,13,16,19,24H,2-3,6-12,14-15H2/t16-,19+/m1/s1. The average Bonchev–Trinajstić information content (AvgIpc) is 2.71. The normalized spacial score (nSPS) is 24.0. The number of halogens is 1. The van der Waals surface area contributed by atoms with Crippen LogP contribution >= 0.6 is 0 Å². The van der Waals surface area contributed by atoms with Gasteiger partial charge in [0.2, 0.25) is 0 Å². The second-order valence-electron chi connectivity index (χ2n) is 7.22. The highest BCUT2D eigenvalue weighted by atomic mass is 19.1. The summed E-state index contributed by atoms with van der Waals surface area (Å²) in [6, 6.07) is 6.26. The highest BCUT2D eigenvalue weighted by Gasteiger charge is 2.35. The number of hydrogen-bond donors (Lipinski definition) is 1. The maximum atomic E-state index is 13.2. The minimum Gasteiger partial charge on any atom is -0.484 e. The van der Waals surface area contributed by atoms with Crippen LogP contribution in [-0.4, -0.2) is 79.5 Å². The molecule has 150 valence electrons. The van der Waals surface area contributed by atoms with Crippen LogP contribution in [0, 0.1) is 11.7 Å². The zero-order valence-corrected chi connectivity index (χ0v) is 15.7. The number of amides is 1. The largest absolute Gasteiger partial charge is 0.484 e. The minimum absolute atomic E-state index is 0.0753. The Balaban J connectivity index is 1.55. The lowest BCUT2D eigenvalue weighted by Crippen LogP contribution is -2.55. The maximum absolute atomic E-state index is 13.2. The fraction of sp³-hybridized carbons (Fsp3) is 0.650. The summed E-state index contributed by atoms with van der Waals surface area (Å²) in [5, 5.41) is 9.24. The lowest BCUT2D eigenvalue weighted by molar-refractivity contribution is -0.137. The van der Waals surface area contributed by atoms with Crippen molar-refractivity contribution in [3.63, 3.8) is 0 Å². The summed E-state index contributed by atoms with van der Waals surface area (Å²) in [6.07, 6.45) is 2.56. The van der Waals surface area contributed by atoms with Gasteiger partial charge in [-0.2, -0.15) is 0 Å². The Kier molecular flexibility index (Phi) is 7.43. The van der Waals surface area contributed by atoms with E-state index in [1.807, 2.05) is 4.90 Å². The molecule has 0 bridgehead atoms. The number of likely N-dealkylation sites (tertiary alicyclic amines) is 1. The summed E-state index contributed by atoms with van der Waals surface area (Å²) in [5.74, 6) is 0.245. The predicted octanol–water partition coefficient (Wildman–Crippen LogP) is 1.53. The number of aliphatic hydroxyl groups excluding tert-OH is 1. The lowest BCUT2D eigenvalue weighted by atomic mass is 9.86. The molecule has 3 rings (SSSR count). The van der Waals surface area contributed by atoms with Gasteiger partial charge in [0.25, 0.3) is 5.91 Å². The third-order valence-corrected chi connectivity index (χ3v) is 5.45. The summed E-state index contributed by atoms with van der Waals surface area (Å²) in [7, 11) is 0. The second kappa shape index (κ2) is 10.0. The second-order valence-corrected chi connectivity index (χ2v) is 7.22. The molecule has 0 aliphatic carbocycles. The topological polar surface area (TPSA) is 62.2 Å². The molecule has 7 heteroatoms. The highest BCUT2D eigenvalue weighted by Crippen LogP contribution is 2.27. The molecule has 1 aromatic carbocycles. The molecule has 2 heterocycles. The van der Waals surface area contributed by atoms with Crippen LogP contribution in [-0.2, 0) is 9.53 Å². The number of carbonyl (C=O) groups excluding carboxylic acids is 1. The number of rotatable bonds is 7. The molecule has 2 fully saturated rings. The van der Waals surface area contributed by atoms with Crippen molar-refractivity contribution in [2.24, 2.45) is 5.92 Å². The van der Waals surface area contributed by atoms with Crippen molar-refractivity contribution >= 4 is 5.91 Å². The maximum Gasteiger partial charge on any atom is 0.260 e. The van der Waals surface area contributed by atoms with Crippen LogP contribution in [0.5, 0.6) is 5.75 Å². The average molecular weight is 380 g/mol. The van der Waals surface area contributed by atoms with Crippen LogP contribution in [0.1, 0.15) is 19.3 Å². The molecule has 27 heavy (non-hydrogen) atoms. The Morgan fingerprint density at radius 1 is 1.30 bits per heavy atom. The number of benzene rings is 1. The summed E-state index contributed by atoms with van der Waals surface area (Å²) < 4.78 is 24.1. The van der Waals surface area contributed by atoms with Crippen LogP contribution in [0.2, 0.25) is 0 Å². The summed E-state index contributed by atoms with van der Waals surface area (Å²) in [6.45, 7) is 4.83. The first-order chi connectivity index (χ1) is 13.2. The van der Waals surface area contributed by atoms with Crippen LogP contribution < -0.4 is 4.74 Å². The third kappa shape index (κ3) is 5.64. The Morgan fingerprint density at radius 3 is 2.85 bits per heavy atom. The molecule has 1 N–H and O–H groups in total. The van der Waals surface area contributed by atoms with E-state index in [0.29, 0.717) is 30.8 Å². The fourth-order valence-electron chi connectivity index (χ4n) is 4.07. The number of nitrogens with zero attached hydrogens (tertiary/aromatic N) is 2. The van der Waals surface area contributed by atoms with Crippen molar-refractivity contribution in [1.29, 1.82) is 0 Å². The number of aliphatic hydroxyl groups is 1. The van der Waals surface area contributed by atoms with Gasteiger partial charge in [0, 0.05) is 44.9 Å². The van der Waals surface area contributed by atoms with E-state index in [9.17, 15) is 14.3 Å². The molecule has 0 saturated carbocycles. The van der Waals surface area contributed by atoms with Gasteiger partial charge in [-0.25, -0.2) is 4.39 Å². The predicted molar refractivity (Wildman–Crippen MR) is 99.1 cm³/mol. The Morgan fingerprint density at radius 2 is 2.11 bits per heavy atom. The zero-order chi connectivity index (χ0) is 19.1. The van der Waals surface area contributed by atoms with Gasteiger partial charge in [-0.15, -0.1) is 0 Å². The molecule has 2 aliphatic rings. The summed E-state index contributed by atoms with van der Waals surface area (Å²) in [5.41, 5.74) is 0. The van der Waals surface area contributed by atoms with Crippen molar-refractivity contribution in [2.75, 3.05) is 52.6 Å². The summed E-state index contributed by atoms with van der Waals surface area (Å²) >= 11 is 0. The minimum atomic E-state index is -0.379. The van der Waals surface area contributed by atoms with E-state index in [4.69, 9.17) is 9.47 Å². The highest BCUT2D eigenvalue weighted by molar-refractivity contribution is 5.77. The van der Waals surface area contributed by atoms with E-state index in [2.05, 4.69) is 4.90 Å². The first-order valence-corrected chi connectivity index (χ1v) is 9.76. The van der Waals surface area contributed by atoms with Gasteiger partial charge in [-0.3, -0.25) is 9.69 Å². The Hall–Kier alpha value is -1.70. The van der Waals surface area contributed by atoms with Crippen molar-refractivity contribution in [3.8, 4) is 5.75 Å². The molecule has 2 aliphatic heterocycles. The van der Waals surface area contributed by atoms with E-state index < -0.39 is 0 Å². The van der Waals surface area contributed by atoms with Crippen molar-refractivity contribution < 1.29 is 23.8 Å². The summed E-state index contributed by atoms with van der Waals surface area (Å²) in [4.78, 5) is 16.9. The van der Waals surface area contributed by atoms with Crippen LogP contribution in [0.15, 0.2) is 24.3 Å². The molecule has 0 unspecified atom stereocenters. The monoisotopic (exact) mass is 380 g/mol. The molecule has 6 nitrogen and oxygen atoms in total. The van der Waals surface area contributed by atoms with Gasteiger partial charge < -0.3 is 19.5 Å². The quantitative estimate of drug-likeness (QED) is 0.777. The van der Waals surface area contributed by atoms with Gasteiger partial charge in [-0.05, 0) is 37.3 Å². The van der Waals surface area contributed by atoms with Crippen molar-refractivity contribution in [2.45, 2.75) is 25.3 Å². The molecule has 2 saturated heterocycles. The van der Waals surface area contributed by atoms with Crippen LogP contribution in [0.4, 0.5) is 4.39 Å². The van der Waals surface area contributed by atoms with E-state index in [-0.39, 0.29) is 24.9 Å². The molecule has 1 amide bonds. The molecular formula is C20H29FN2O4. The molecule has 2 atom stereocenters. The van der Waals surface area contributed by atoms with Gasteiger partial charge in [0.1, 0.15) is 11.6 Å². The number of piperidine rings is 1. The Labute approximate surface area is 159 Å². The number of carbonyl (C=O) groups is 1. The molecule has 1 aromatic rings. The molecule has 0 radical (unpaired) electrons. The van der Waals surface area contributed by atoms with Gasteiger partial charge in [0.05, 0.1) is 13.2 Å². The van der Waals surface area contributed by atoms with E-state index in [0.717, 1.165) is 45.6 Å². The van der Waals surface area contributed by atoms with Crippen LogP contribution in [0.3, 0.4) is 0 Å². The first-order valence-electron chi connectivity index (χ1n) is 9.76. The number of ether oxygens (including phenoxy) is 2. The third-order valence-electron chi connectivity index (χ3n) is 5.45. The molecular weight excluding hydrogens is 351 g/mol. The SMILES string of the molecule is O=C(COc1cccc(F)c1)N1CC[C@H](N2CCOCC2)[C@H](CCCO)C1. The zero-order valence-electron chi connectivity index (χ0n) is 15.7. The van der Waals surface area contributed by atoms with E-state index >= 15 is 0 Å². The lowest BCUT2D eigenvalue weighted by Gasteiger charge is -2.45. The molecule has 0 aromatic heterocycles. The number of morpholine rings is 1. The smallest absolute Gasteiger partial charge is 0.260 e. The molecule has 0 spiro atoms. The van der Waals surface area contributed by atoms with Crippen molar-refractivity contribution in [3.05, 3.63) is 30.1 Å². The van der Waals surface area contributed by atoms with Crippen molar-refractivity contribution in [1.82, 2.24) is 9.80 Å². The van der Waals surface area contributed by atoms with Gasteiger partial charge in [-0.1, -0.05) is 6.07 Å². The van der Waals surface area contributed by atoms with Gasteiger partial charge in [0.15, 0.2) is 6.61 Å². The first kappa shape index (κ1) is 20.0. The Bertz CT molecular complexity index is 609.